The SMILES string of the molecule is CP1(=O)CCN(I)CC1. The average molecular weight is 259 g/mol. The smallest absolute Gasteiger partial charge is 0.0874 e. The summed E-state index contributed by atoms with van der Waals surface area (Å²) in [4.78, 5) is 0. The van der Waals surface area contributed by atoms with Gasteiger partial charge in [0.05, 0.1) is 7.14 Å². The van der Waals surface area contributed by atoms with Crippen molar-refractivity contribution in [1.29, 1.82) is 0 Å². The molecule has 0 saturated carbocycles. The van der Waals surface area contributed by atoms with Crippen LogP contribution in [0.5, 0.6) is 0 Å². The molecular weight excluding hydrogens is 248 g/mol. The molecule has 0 aromatic rings. The molecule has 0 spiro atoms. The summed E-state index contributed by atoms with van der Waals surface area (Å²) in [5, 5.41) is 0. The van der Waals surface area contributed by atoms with Gasteiger partial charge >= 0.3 is 0 Å². The van der Waals surface area contributed by atoms with E-state index < -0.39 is 7.14 Å². The number of halogens is 1. The van der Waals surface area contributed by atoms with Crippen LogP contribution in [-0.2, 0) is 4.57 Å². The highest BCUT2D eigenvalue weighted by molar-refractivity contribution is 14.1. The quantitative estimate of drug-likeness (QED) is 0.374. The van der Waals surface area contributed by atoms with Crippen molar-refractivity contribution in [3.63, 3.8) is 0 Å². The van der Waals surface area contributed by atoms with Gasteiger partial charge in [0.2, 0.25) is 0 Å². The first-order valence-electron chi connectivity index (χ1n) is 3.06. The first-order valence-corrected chi connectivity index (χ1v) is 6.55. The lowest BCUT2D eigenvalue weighted by molar-refractivity contribution is 0.517. The summed E-state index contributed by atoms with van der Waals surface area (Å²) >= 11 is 2.29. The fraction of sp³-hybridized carbons (Fsp3) is 1.00. The highest BCUT2D eigenvalue weighted by atomic mass is 127. The molecule has 1 rings (SSSR count). The molecule has 0 amide bonds. The zero-order valence-corrected chi connectivity index (χ0v) is 8.56. The Hall–Kier alpha value is 0.920. The molecule has 9 heavy (non-hydrogen) atoms. The molecule has 1 fully saturated rings. The van der Waals surface area contributed by atoms with Gasteiger partial charge in [-0.2, -0.15) is 0 Å². The lowest BCUT2D eigenvalue weighted by atomic mass is 10.6. The van der Waals surface area contributed by atoms with Crippen LogP contribution in [0.15, 0.2) is 0 Å². The van der Waals surface area contributed by atoms with Crippen molar-refractivity contribution in [3.05, 3.63) is 0 Å². The molecule has 2 nitrogen and oxygen atoms in total. The zero-order chi connectivity index (χ0) is 6.91. The van der Waals surface area contributed by atoms with E-state index in [4.69, 9.17) is 0 Å². The van der Waals surface area contributed by atoms with Crippen LogP contribution in [0.4, 0.5) is 0 Å². The lowest BCUT2D eigenvalue weighted by Crippen LogP contribution is -2.26. The first kappa shape index (κ1) is 8.02. The van der Waals surface area contributed by atoms with Gasteiger partial charge in [0.15, 0.2) is 0 Å². The van der Waals surface area contributed by atoms with Crippen molar-refractivity contribution in [3.8, 4) is 0 Å². The normalized spacial score (nSPS) is 28.2. The predicted molar refractivity (Wildman–Crippen MR) is 48.9 cm³/mol. The summed E-state index contributed by atoms with van der Waals surface area (Å²) in [6, 6.07) is 0. The topological polar surface area (TPSA) is 20.3 Å². The van der Waals surface area contributed by atoms with Crippen LogP contribution in [0.1, 0.15) is 0 Å². The van der Waals surface area contributed by atoms with Crippen LogP contribution in [0.2, 0.25) is 0 Å². The minimum Gasteiger partial charge on any atom is -0.324 e. The number of hydrogen-bond donors (Lipinski definition) is 0. The number of hydrogen-bond acceptors (Lipinski definition) is 2. The maximum atomic E-state index is 11.3. The molecule has 0 bridgehead atoms. The van der Waals surface area contributed by atoms with E-state index >= 15 is 0 Å². The minimum atomic E-state index is -1.67. The van der Waals surface area contributed by atoms with Crippen LogP contribution in [0, 0.1) is 0 Å². The molecule has 1 saturated heterocycles. The summed E-state index contributed by atoms with van der Waals surface area (Å²) in [5.41, 5.74) is 0. The molecule has 54 valence electrons. The lowest BCUT2D eigenvalue weighted by Gasteiger charge is -2.24. The van der Waals surface area contributed by atoms with Gasteiger partial charge in [-0.1, -0.05) is 0 Å². The highest BCUT2D eigenvalue weighted by Crippen LogP contribution is 2.43. The largest absolute Gasteiger partial charge is 0.324 e. The van der Waals surface area contributed by atoms with Crippen molar-refractivity contribution < 1.29 is 4.57 Å². The maximum Gasteiger partial charge on any atom is 0.0874 e. The Morgan fingerprint density at radius 2 is 1.89 bits per heavy atom. The molecule has 1 aliphatic rings. The van der Waals surface area contributed by atoms with Gasteiger partial charge in [0.1, 0.15) is 0 Å². The van der Waals surface area contributed by atoms with Crippen molar-refractivity contribution in [1.82, 2.24) is 3.11 Å². The molecule has 0 aromatic heterocycles. The Kier molecular flexibility index (Phi) is 2.57. The molecule has 0 unspecified atom stereocenters. The van der Waals surface area contributed by atoms with E-state index in [1.54, 1.807) is 0 Å². The molecule has 0 aliphatic carbocycles. The third-order valence-electron chi connectivity index (χ3n) is 1.63. The summed E-state index contributed by atoms with van der Waals surface area (Å²) in [7, 11) is -1.67. The Bertz CT molecular complexity index is 138. The van der Waals surface area contributed by atoms with Crippen LogP contribution < -0.4 is 0 Å². The van der Waals surface area contributed by atoms with Crippen molar-refractivity contribution >= 4 is 30.0 Å². The van der Waals surface area contributed by atoms with Gasteiger partial charge in [-0.05, 0) is 6.66 Å². The molecule has 0 aromatic carbocycles. The van der Waals surface area contributed by atoms with Crippen molar-refractivity contribution in [2.75, 3.05) is 32.1 Å². The van der Waals surface area contributed by atoms with E-state index in [1.165, 1.54) is 0 Å². The van der Waals surface area contributed by atoms with Crippen LogP contribution in [0.25, 0.3) is 0 Å². The average Bonchev–Trinajstić information content (AvgIpc) is 1.78. The molecule has 4 heteroatoms. The van der Waals surface area contributed by atoms with E-state index in [0.29, 0.717) is 0 Å². The molecule has 0 N–H and O–H groups in total. The standard InChI is InChI=1S/C5H11INOP/c1-9(8)4-2-7(6)3-5-9/h2-5H2,1H3. The molecular formula is C5H11INOP. The van der Waals surface area contributed by atoms with Crippen molar-refractivity contribution in [2.45, 2.75) is 0 Å². The highest BCUT2D eigenvalue weighted by Gasteiger charge is 2.21. The fourth-order valence-electron chi connectivity index (χ4n) is 0.864. The third kappa shape index (κ3) is 2.56. The van der Waals surface area contributed by atoms with Crippen LogP contribution in [0.3, 0.4) is 0 Å². The zero-order valence-electron chi connectivity index (χ0n) is 5.51. The molecule has 0 radical (unpaired) electrons. The van der Waals surface area contributed by atoms with Gasteiger partial charge in [0.25, 0.3) is 0 Å². The summed E-state index contributed by atoms with van der Waals surface area (Å²) in [6.45, 7) is 3.93. The molecule has 1 heterocycles. The van der Waals surface area contributed by atoms with E-state index in [-0.39, 0.29) is 0 Å². The molecule has 0 atom stereocenters. The molecule has 1 aliphatic heterocycles. The second-order valence-electron chi connectivity index (χ2n) is 2.65. The van der Waals surface area contributed by atoms with Gasteiger partial charge in [-0.25, -0.2) is 3.11 Å². The predicted octanol–water partition coefficient (Wildman–Crippen LogP) is 1.64. The van der Waals surface area contributed by atoms with Gasteiger partial charge in [-0.3, -0.25) is 0 Å². The first-order chi connectivity index (χ1) is 4.10. The Balaban J connectivity index is 2.44. The number of rotatable bonds is 0. The van der Waals surface area contributed by atoms with Crippen molar-refractivity contribution in [2.24, 2.45) is 0 Å². The Labute approximate surface area is 69.9 Å². The fourth-order valence-corrected chi connectivity index (χ4v) is 3.66. The second kappa shape index (κ2) is 2.89. The minimum absolute atomic E-state index is 0.913. The number of nitrogens with zero attached hydrogens (tertiary/aromatic N) is 1. The van der Waals surface area contributed by atoms with Crippen LogP contribution in [-0.4, -0.2) is 35.2 Å². The Morgan fingerprint density at radius 3 is 2.22 bits per heavy atom. The van der Waals surface area contributed by atoms with Gasteiger partial charge in [-0.15, -0.1) is 0 Å². The van der Waals surface area contributed by atoms with Crippen LogP contribution >= 0.6 is 30.0 Å². The third-order valence-corrected chi connectivity index (χ3v) is 4.89. The van der Waals surface area contributed by atoms with E-state index in [2.05, 4.69) is 26.0 Å². The monoisotopic (exact) mass is 259 g/mol. The summed E-state index contributed by atoms with van der Waals surface area (Å²) in [6.07, 6.45) is 1.83. The summed E-state index contributed by atoms with van der Waals surface area (Å²) < 4.78 is 13.6. The van der Waals surface area contributed by atoms with E-state index in [1.807, 2.05) is 6.66 Å². The van der Waals surface area contributed by atoms with E-state index in [0.717, 1.165) is 25.4 Å². The maximum absolute atomic E-state index is 11.3. The van der Waals surface area contributed by atoms with Gasteiger partial charge < -0.3 is 4.57 Å². The van der Waals surface area contributed by atoms with Gasteiger partial charge in [0, 0.05) is 48.3 Å². The van der Waals surface area contributed by atoms with E-state index in [9.17, 15) is 4.57 Å². The second-order valence-corrected chi connectivity index (χ2v) is 7.51. The summed E-state index contributed by atoms with van der Waals surface area (Å²) in [5.74, 6) is 0. The Morgan fingerprint density at radius 1 is 1.44 bits per heavy atom.